The molecule has 1 rings (SSSR count). The fraction of sp³-hybridized carbons (Fsp3) is 0.455. The number of benzene rings is 1. The summed E-state index contributed by atoms with van der Waals surface area (Å²) in [7, 11) is 0. The number of aryl methyl sites for hydroxylation is 1. The average molecular weight is 196 g/mol. The van der Waals surface area contributed by atoms with Crippen LogP contribution in [-0.2, 0) is 18.8 Å². The molecule has 2 heteroatoms. The molecule has 0 saturated carbocycles. The van der Waals surface area contributed by atoms with Crippen LogP contribution in [0.1, 0.15) is 30.0 Å². The highest BCUT2D eigenvalue weighted by Gasteiger charge is 1.98. The van der Waals surface area contributed by atoms with E-state index >= 15 is 0 Å². The van der Waals surface area contributed by atoms with E-state index in [4.69, 9.17) is 5.11 Å². The maximum Gasteiger partial charge on any atom is 0.0682 e. The number of hydrogen-bond acceptors (Lipinski definition) is 2. The summed E-state index contributed by atoms with van der Waals surface area (Å²) in [5.41, 5.74) is 3.49. The molecule has 0 unspecified atom stereocenters. The first-order valence-electron chi connectivity index (χ1n) is 4.63. The van der Waals surface area contributed by atoms with Crippen molar-refractivity contribution in [2.24, 2.45) is 0 Å². The summed E-state index contributed by atoms with van der Waals surface area (Å²) >= 11 is 4.23. The molecule has 1 aromatic carbocycles. The minimum Gasteiger partial charge on any atom is -0.392 e. The largest absolute Gasteiger partial charge is 0.392 e. The van der Waals surface area contributed by atoms with Crippen molar-refractivity contribution in [1.29, 1.82) is 0 Å². The summed E-state index contributed by atoms with van der Waals surface area (Å²) in [6.45, 7) is 2.28. The van der Waals surface area contributed by atoms with Crippen molar-refractivity contribution >= 4 is 12.6 Å². The quantitative estimate of drug-likeness (QED) is 0.709. The molecular weight excluding hydrogens is 180 g/mol. The molecule has 0 fully saturated rings. The van der Waals surface area contributed by atoms with E-state index < -0.39 is 0 Å². The molecule has 0 saturated heterocycles. The Morgan fingerprint density at radius 3 is 2.31 bits per heavy atom. The van der Waals surface area contributed by atoms with Crippen LogP contribution in [-0.4, -0.2) is 5.11 Å². The molecule has 0 aromatic heterocycles. The summed E-state index contributed by atoms with van der Waals surface area (Å²) in [4.78, 5) is 0. The minimum atomic E-state index is 0.123. The summed E-state index contributed by atoms with van der Waals surface area (Å²) in [6.07, 6.45) is 2.22. The third kappa shape index (κ3) is 3.05. The van der Waals surface area contributed by atoms with Crippen LogP contribution >= 0.6 is 12.6 Å². The van der Waals surface area contributed by atoms with E-state index in [2.05, 4.69) is 31.7 Å². The first kappa shape index (κ1) is 10.6. The molecule has 0 radical (unpaired) electrons. The monoisotopic (exact) mass is 196 g/mol. The minimum absolute atomic E-state index is 0.123. The van der Waals surface area contributed by atoms with Crippen molar-refractivity contribution < 1.29 is 5.11 Å². The Labute approximate surface area is 85.2 Å². The second-order valence-electron chi connectivity index (χ2n) is 3.22. The van der Waals surface area contributed by atoms with Crippen LogP contribution in [0, 0.1) is 0 Å². The van der Waals surface area contributed by atoms with Gasteiger partial charge in [0.15, 0.2) is 0 Å². The van der Waals surface area contributed by atoms with Crippen molar-refractivity contribution in [2.75, 3.05) is 0 Å². The Morgan fingerprint density at radius 2 is 1.77 bits per heavy atom. The van der Waals surface area contributed by atoms with Crippen molar-refractivity contribution in [3.8, 4) is 0 Å². The van der Waals surface area contributed by atoms with E-state index in [0.29, 0.717) is 0 Å². The summed E-state index contributed by atoms with van der Waals surface area (Å²) in [5, 5.41) is 9.03. The fourth-order valence-corrected chi connectivity index (χ4v) is 1.64. The van der Waals surface area contributed by atoms with Gasteiger partial charge in [-0.1, -0.05) is 31.5 Å². The molecule has 0 aliphatic rings. The van der Waals surface area contributed by atoms with Crippen LogP contribution in [0.3, 0.4) is 0 Å². The zero-order chi connectivity index (χ0) is 9.68. The molecule has 0 amide bonds. The highest BCUT2D eigenvalue weighted by Crippen LogP contribution is 2.13. The number of thiol groups is 1. The van der Waals surface area contributed by atoms with Gasteiger partial charge in [0, 0.05) is 5.75 Å². The molecule has 0 spiro atoms. The lowest BCUT2D eigenvalue weighted by molar-refractivity contribution is 0.281. The number of rotatable bonds is 4. The van der Waals surface area contributed by atoms with Gasteiger partial charge in [0.25, 0.3) is 0 Å². The summed E-state index contributed by atoms with van der Waals surface area (Å²) in [5.74, 6) is 0.741. The van der Waals surface area contributed by atoms with E-state index in [1.165, 1.54) is 11.1 Å². The molecule has 1 N–H and O–H groups in total. The molecule has 1 aromatic rings. The third-order valence-corrected chi connectivity index (χ3v) is 2.38. The third-order valence-electron chi connectivity index (χ3n) is 2.02. The summed E-state index contributed by atoms with van der Waals surface area (Å²) in [6, 6.07) is 6.23. The predicted octanol–water partition coefficient (Wildman–Crippen LogP) is 2.56. The molecule has 0 atom stereocenters. The second-order valence-corrected chi connectivity index (χ2v) is 3.54. The molecular formula is C11H16OS. The van der Waals surface area contributed by atoms with E-state index in [-0.39, 0.29) is 6.61 Å². The van der Waals surface area contributed by atoms with Crippen molar-refractivity contribution in [2.45, 2.75) is 32.1 Å². The molecule has 0 aliphatic heterocycles. The van der Waals surface area contributed by atoms with Gasteiger partial charge >= 0.3 is 0 Å². The maximum absolute atomic E-state index is 9.03. The zero-order valence-corrected chi connectivity index (χ0v) is 8.85. The van der Waals surface area contributed by atoms with Gasteiger partial charge in [0.05, 0.1) is 6.61 Å². The number of aliphatic hydroxyl groups is 1. The molecule has 1 nitrogen and oxygen atoms in total. The van der Waals surface area contributed by atoms with Crippen LogP contribution in [0.15, 0.2) is 18.2 Å². The van der Waals surface area contributed by atoms with Gasteiger partial charge in [-0.3, -0.25) is 0 Å². The highest BCUT2D eigenvalue weighted by molar-refractivity contribution is 7.79. The first-order chi connectivity index (χ1) is 6.30. The van der Waals surface area contributed by atoms with Crippen LogP contribution in [0.4, 0.5) is 0 Å². The van der Waals surface area contributed by atoms with Gasteiger partial charge in [0.2, 0.25) is 0 Å². The van der Waals surface area contributed by atoms with Crippen LogP contribution in [0.25, 0.3) is 0 Å². The van der Waals surface area contributed by atoms with Gasteiger partial charge in [-0.15, -0.1) is 0 Å². The highest BCUT2D eigenvalue weighted by atomic mass is 32.1. The van der Waals surface area contributed by atoms with Crippen LogP contribution < -0.4 is 0 Å². The Balaban J connectivity index is 2.93. The van der Waals surface area contributed by atoms with Crippen LogP contribution in [0.5, 0.6) is 0 Å². The molecule has 0 aliphatic carbocycles. The Bertz CT molecular complexity index is 249. The lowest BCUT2D eigenvalue weighted by Gasteiger charge is -2.05. The predicted molar refractivity (Wildman–Crippen MR) is 59.0 cm³/mol. The first-order valence-corrected chi connectivity index (χ1v) is 5.26. The molecule has 0 bridgehead atoms. The van der Waals surface area contributed by atoms with Gasteiger partial charge in [-0.2, -0.15) is 12.6 Å². The van der Waals surface area contributed by atoms with E-state index in [1.54, 1.807) is 0 Å². The Morgan fingerprint density at radius 1 is 1.15 bits per heavy atom. The van der Waals surface area contributed by atoms with Gasteiger partial charge < -0.3 is 5.11 Å². The number of hydrogen-bond donors (Lipinski definition) is 2. The molecule has 72 valence electrons. The standard InChI is InChI=1S/C11H16OS/c1-2-3-9-4-10(7-12)6-11(5-9)8-13/h4-6,12-13H,2-3,7-8H2,1H3. The Hall–Kier alpha value is -0.470. The lowest BCUT2D eigenvalue weighted by atomic mass is 10.0. The van der Waals surface area contributed by atoms with Crippen LogP contribution in [0.2, 0.25) is 0 Å². The average Bonchev–Trinajstić information content (AvgIpc) is 2.17. The van der Waals surface area contributed by atoms with Gasteiger partial charge in [0.1, 0.15) is 0 Å². The smallest absolute Gasteiger partial charge is 0.0682 e. The number of aliphatic hydroxyl groups excluding tert-OH is 1. The van der Waals surface area contributed by atoms with E-state index in [9.17, 15) is 0 Å². The van der Waals surface area contributed by atoms with Gasteiger partial charge in [-0.05, 0) is 23.1 Å². The maximum atomic E-state index is 9.03. The zero-order valence-electron chi connectivity index (χ0n) is 7.95. The van der Waals surface area contributed by atoms with Crippen molar-refractivity contribution in [3.63, 3.8) is 0 Å². The van der Waals surface area contributed by atoms with Crippen molar-refractivity contribution in [1.82, 2.24) is 0 Å². The van der Waals surface area contributed by atoms with E-state index in [0.717, 1.165) is 24.2 Å². The second kappa shape index (κ2) is 5.30. The lowest BCUT2D eigenvalue weighted by Crippen LogP contribution is -1.92. The molecule has 0 heterocycles. The van der Waals surface area contributed by atoms with Gasteiger partial charge in [-0.25, -0.2) is 0 Å². The SMILES string of the molecule is CCCc1cc(CO)cc(CS)c1. The fourth-order valence-electron chi connectivity index (χ4n) is 1.45. The van der Waals surface area contributed by atoms with Crippen molar-refractivity contribution in [3.05, 3.63) is 34.9 Å². The molecule has 13 heavy (non-hydrogen) atoms. The Kier molecular flexibility index (Phi) is 4.33. The topological polar surface area (TPSA) is 20.2 Å². The van der Waals surface area contributed by atoms with E-state index in [1.807, 2.05) is 6.07 Å². The summed E-state index contributed by atoms with van der Waals surface area (Å²) < 4.78 is 0. The normalized spacial score (nSPS) is 10.4.